The number of carboxylic acid groups (broad SMARTS) is 1. The van der Waals surface area contributed by atoms with Crippen molar-refractivity contribution in [3.05, 3.63) is 41.6 Å². The summed E-state index contributed by atoms with van der Waals surface area (Å²) in [7, 11) is 0. The quantitative estimate of drug-likeness (QED) is 0.881. The van der Waals surface area contributed by atoms with E-state index in [1.807, 2.05) is 24.3 Å². The highest BCUT2D eigenvalue weighted by atomic mass is 16.5. The largest absolute Gasteiger partial charge is 0.477 e. The maximum absolute atomic E-state index is 11.0. The van der Waals surface area contributed by atoms with Crippen molar-refractivity contribution in [1.82, 2.24) is 5.16 Å². The van der Waals surface area contributed by atoms with Crippen LogP contribution in [0.5, 0.6) is 0 Å². The van der Waals surface area contributed by atoms with Crippen molar-refractivity contribution in [3.8, 4) is 11.3 Å². The summed E-state index contributed by atoms with van der Waals surface area (Å²) in [4.78, 5) is 11.0. The number of aromatic nitrogens is 1. The van der Waals surface area contributed by atoms with Crippen LogP contribution in [-0.2, 0) is 5.41 Å². The summed E-state index contributed by atoms with van der Waals surface area (Å²) in [6.45, 7) is 6.37. The SMILES string of the molecule is CC(C)(C)c1ccc(-c2oncc2C(=O)O)cc1. The molecule has 2 aromatic rings. The standard InChI is InChI=1S/C14H15NO3/c1-14(2,3)10-6-4-9(5-7-10)12-11(13(16)17)8-15-18-12/h4-8H,1-3H3,(H,16,17). The van der Waals surface area contributed by atoms with E-state index in [1.54, 1.807) is 0 Å². The maximum Gasteiger partial charge on any atom is 0.341 e. The van der Waals surface area contributed by atoms with Crippen molar-refractivity contribution >= 4 is 5.97 Å². The molecule has 0 aliphatic carbocycles. The molecule has 0 radical (unpaired) electrons. The Kier molecular flexibility index (Phi) is 2.95. The summed E-state index contributed by atoms with van der Waals surface area (Å²) in [6.07, 6.45) is 1.22. The van der Waals surface area contributed by atoms with Gasteiger partial charge in [0.05, 0.1) is 6.20 Å². The summed E-state index contributed by atoms with van der Waals surface area (Å²) in [5, 5.41) is 12.5. The molecular weight excluding hydrogens is 230 g/mol. The number of hydrogen-bond donors (Lipinski definition) is 1. The van der Waals surface area contributed by atoms with Crippen LogP contribution in [0, 0.1) is 0 Å². The van der Waals surface area contributed by atoms with Crippen LogP contribution >= 0.6 is 0 Å². The first-order valence-electron chi connectivity index (χ1n) is 5.68. The fourth-order valence-corrected chi connectivity index (χ4v) is 1.72. The Morgan fingerprint density at radius 2 is 1.83 bits per heavy atom. The molecule has 0 spiro atoms. The lowest BCUT2D eigenvalue weighted by Crippen LogP contribution is -2.10. The van der Waals surface area contributed by atoms with Gasteiger partial charge in [-0.1, -0.05) is 50.2 Å². The van der Waals surface area contributed by atoms with Gasteiger partial charge in [-0.3, -0.25) is 0 Å². The number of benzene rings is 1. The second kappa shape index (κ2) is 4.29. The van der Waals surface area contributed by atoms with Gasteiger partial charge in [-0.2, -0.15) is 0 Å². The molecule has 0 aliphatic heterocycles. The van der Waals surface area contributed by atoms with Crippen LogP contribution in [-0.4, -0.2) is 16.2 Å². The van der Waals surface area contributed by atoms with Gasteiger partial charge in [-0.05, 0) is 11.0 Å². The zero-order valence-electron chi connectivity index (χ0n) is 10.6. The van der Waals surface area contributed by atoms with Gasteiger partial charge in [-0.15, -0.1) is 0 Å². The summed E-state index contributed by atoms with van der Waals surface area (Å²) >= 11 is 0. The first-order valence-corrected chi connectivity index (χ1v) is 5.68. The fourth-order valence-electron chi connectivity index (χ4n) is 1.72. The summed E-state index contributed by atoms with van der Waals surface area (Å²) in [6, 6.07) is 7.66. The molecule has 2 rings (SSSR count). The number of carboxylic acids is 1. The monoisotopic (exact) mass is 245 g/mol. The summed E-state index contributed by atoms with van der Waals surface area (Å²) in [5.74, 6) is -0.742. The minimum Gasteiger partial charge on any atom is -0.477 e. The van der Waals surface area contributed by atoms with E-state index in [2.05, 4.69) is 25.9 Å². The maximum atomic E-state index is 11.0. The number of aromatic carboxylic acids is 1. The first kappa shape index (κ1) is 12.4. The second-order valence-corrected chi connectivity index (χ2v) is 5.20. The molecule has 0 bridgehead atoms. The van der Waals surface area contributed by atoms with Crippen molar-refractivity contribution in [3.63, 3.8) is 0 Å². The van der Waals surface area contributed by atoms with Crippen molar-refractivity contribution in [2.24, 2.45) is 0 Å². The van der Waals surface area contributed by atoms with Crippen LogP contribution in [0.4, 0.5) is 0 Å². The van der Waals surface area contributed by atoms with Gasteiger partial charge < -0.3 is 9.63 Å². The molecule has 1 aromatic carbocycles. The molecule has 0 unspecified atom stereocenters. The zero-order valence-corrected chi connectivity index (χ0v) is 10.6. The minimum atomic E-state index is -1.04. The Morgan fingerprint density at radius 3 is 2.33 bits per heavy atom. The van der Waals surface area contributed by atoms with Gasteiger partial charge >= 0.3 is 5.97 Å². The van der Waals surface area contributed by atoms with E-state index in [9.17, 15) is 4.79 Å². The Hall–Kier alpha value is -2.10. The van der Waals surface area contributed by atoms with E-state index >= 15 is 0 Å². The third-order valence-corrected chi connectivity index (χ3v) is 2.81. The predicted molar refractivity (Wildman–Crippen MR) is 67.6 cm³/mol. The van der Waals surface area contributed by atoms with Crippen LogP contribution in [0.25, 0.3) is 11.3 Å². The molecule has 4 nitrogen and oxygen atoms in total. The highest BCUT2D eigenvalue weighted by molar-refractivity contribution is 5.93. The van der Waals surface area contributed by atoms with Crippen molar-refractivity contribution in [1.29, 1.82) is 0 Å². The summed E-state index contributed by atoms with van der Waals surface area (Å²) in [5.41, 5.74) is 2.05. The number of nitrogens with zero attached hydrogens (tertiary/aromatic N) is 1. The lowest BCUT2D eigenvalue weighted by molar-refractivity contribution is 0.0697. The molecule has 4 heteroatoms. The second-order valence-electron chi connectivity index (χ2n) is 5.20. The van der Waals surface area contributed by atoms with E-state index in [1.165, 1.54) is 11.8 Å². The van der Waals surface area contributed by atoms with Crippen molar-refractivity contribution in [2.45, 2.75) is 26.2 Å². The van der Waals surface area contributed by atoms with E-state index in [4.69, 9.17) is 9.63 Å². The van der Waals surface area contributed by atoms with Gasteiger partial charge in [0, 0.05) is 5.56 Å². The van der Waals surface area contributed by atoms with E-state index in [0.29, 0.717) is 5.76 Å². The van der Waals surface area contributed by atoms with Gasteiger partial charge in [0.2, 0.25) is 0 Å². The molecule has 1 N–H and O–H groups in total. The highest BCUT2D eigenvalue weighted by Crippen LogP contribution is 2.27. The highest BCUT2D eigenvalue weighted by Gasteiger charge is 2.18. The van der Waals surface area contributed by atoms with Gasteiger partial charge in [-0.25, -0.2) is 4.79 Å². The van der Waals surface area contributed by atoms with Crippen LogP contribution < -0.4 is 0 Å². The molecule has 0 amide bonds. The fraction of sp³-hybridized carbons (Fsp3) is 0.286. The molecule has 0 saturated carbocycles. The van der Waals surface area contributed by atoms with Crippen molar-refractivity contribution in [2.75, 3.05) is 0 Å². The predicted octanol–water partition coefficient (Wildman–Crippen LogP) is 3.34. The zero-order chi connectivity index (χ0) is 13.3. The van der Waals surface area contributed by atoms with Gasteiger partial charge in [0.15, 0.2) is 5.76 Å². The number of rotatable bonds is 2. The lowest BCUT2D eigenvalue weighted by Gasteiger charge is -2.18. The Morgan fingerprint density at radius 1 is 1.22 bits per heavy atom. The van der Waals surface area contributed by atoms with Gasteiger partial charge in [0.25, 0.3) is 0 Å². The molecule has 0 aliphatic rings. The van der Waals surface area contributed by atoms with E-state index in [0.717, 1.165) is 5.56 Å². The topological polar surface area (TPSA) is 63.3 Å². The molecule has 0 atom stereocenters. The Labute approximate surface area is 105 Å². The van der Waals surface area contributed by atoms with Crippen LogP contribution in [0.2, 0.25) is 0 Å². The number of hydrogen-bond acceptors (Lipinski definition) is 3. The first-order chi connectivity index (χ1) is 8.39. The molecular formula is C14H15NO3. The molecule has 0 fully saturated rings. The van der Waals surface area contributed by atoms with E-state index < -0.39 is 5.97 Å². The molecule has 1 aromatic heterocycles. The van der Waals surface area contributed by atoms with Gasteiger partial charge in [0.1, 0.15) is 5.56 Å². The third kappa shape index (κ3) is 2.27. The van der Waals surface area contributed by atoms with Crippen molar-refractivity contribution < 1.29 is 14.4 Å². The minimum absolute atomic E-state index is 0.0651. The number of carbonyl (C=O) groups is 1. The lowest BCUT2D eigenvalue weighted by atomic mass is 9.86. The average Bonchev–Trinajstić information content (AvgIpc) is 2.77. The smallest absolute Gasteiger partial charge is 0.341 e. The Bertz CT molecular complexity index is 561. The third-order valence-electron chi connectivity index (χ3n) is 2.81. The average molecular weight is 245 g/mol. The van der Waals surface area contributed by atoms with Crippen LogP contribution in [0.15, 0.2) is 35.0 Å². The molecule has 0 saturated heterocycles. The van der Waals surface area contributed by atoms with Crippen LogP contribution in [0.3, 0.4) is 0 Å². The van der Waals surface area contributed by atoms with E-state index in [-0.39, 0.29) is 11.0 Å². The van der Waals surface area contributed by atoms with Crippen LogP contribution in [0.1, 0.15) is 36.7 Å². The molecule has 1 heterocycles. The Balaban J connectivity index is 2.41. The molecule has 18 heavy (non-hydrogen) atoms. The summed E-state index contributed by atoms with van der Waals surface area (Å²) < 4.78 is 5.01. The molecule has 94 valence electrons. The normalized spacial score (nSPS) is 11.5.